The molecule has 0 unspecified atom stereocenters. The number of nitrogens with one attached hydrogen (secondary N) is 2. The van der Waals surface area contributed by atoms with E-state index in [1.54, 1.807) is 59.2 Å². The van der Waals surface area contributed by atoms with Crippen molar-refractivity contribution < 1.29 is 43.7 Å². The summed E-state index contributed by atoms with van der Waals surface area (Å²) in [5.41, 5.74) is 7.05. The third-order valence-corrected chi connectivity index (χ3v) is 12.5. The van der Waals surface area contributed by atoms with Crippen LogP contribution in [0.2, 0.25) is 0 Å². The van der Waals surface area contributed by atoms with E-state index in [-0.39, 0.29) is 11.8 Å². The number of fused-ring (bicyclic) bond motifs is 4. The number of benzene rings is 2. The Balaban J connectivity index is 0.000000170. The SMILES string of the molecule is CC(=O)Nc1sc2c(c1-c1nc3ccccc3s1)CCN(C)C2.CC(=O)Nc1sc2c(c1-c1nc3ccccc3s1)CC[NH2+]C2.O=C([O-])C(F)(F)F.[2H]CF. The molecule has 2 amide bonds. The van der Waals surface area contributed by atoms with Crippen LogP contribution in [0.1, 0.15) is 36.1 Å². The van der Waals surface area contributed by atoms with Gasteiger partial charge in [-0.05, 0) is 48.9 Å². The number of carbonyl (C=O) groups excluding carboxylic acids is 3. The summed E-state index contributed by atoms with van der Waals surface area (Å²) in [6.45, 7) is 7.21. The van der Waals surface area contributed by atoms with E-state index in [2.05, 4.69) is 40.0 Å². The van der Waals surface area contributed by atoms with Crippen LogP contribution in [0.3, 0.4) is 0 Å². The summed E-state index contributed by atoms with van der Waals surface area (Å²) in [5, 5.41) is 21.0. The number of anilines is 2. The van der Waals surface area contributed by atoms with Crippen LogP contribution in [-0.4, -0.2) is 66.1 Å². The Morgan fingerprint density at radius 1 is 0.833 bits per heavy atom. The molecule has 0 radical (unpaired) electrons. The Labute approximate surface area is 325 Å². The summed E-state index contributed by atoms with van der Waals surface area (Å²) in [4.78, 5) is 46.6. The van der Waals surface area contributed by atoms with Gasteiger partial charge in [-0.1, -0.05) is 24.3 Å². The summed E-state index contributed by atoms with van der Waals surface area (Å²) in [5.74, 6) is -3.06. The maximum atomic E-state index is 11.6. The lowest BCUT2D eigenvalue weighted by molar-refractivity contribution is -0.672. The number of aliphatic carboxylic acids is 1. The molecule has 54 heavy (non-hydrogen) atoms. The number of nitrogens with two attached hydrogens (primary N) is 1. The van der Waals surface area contributed by atoms with Gasteiger partial charge >= 0.3 is 6.18 Å². The molecule has 2 aliphatic heterocycles. The predicted octanol–water partition coefficient (Wildman–Crippen LogP) is 6.46. The first-order valence-corrected chi connectivity index (χ1v) is 19.7. The normalized spacial score (nSPS) is 13.9. The number of aromatic nitrogens is 2. The lowest BCUT2D eigenvalue weighted by atomic mass is 10.0. The van der Waals surface area contributed by atoms with E-state index < -0.39 is 19.3 Å². The van der Waals surface area contributed by atoms with Crippen molar-refractivity contribution in [3.63, 3.8) is 0 Å². The standard InChI is InChI=1S/C17H17N3OS2.C16H15N3OS2.C2HF3O2.CH3F/c1-10(21)18-16-15(11-7-8-20(2)9-14(11)23-16)17-19-12-5-3-4-6-13(12)22-17;1-9(20)18-15-14(10-6-7-17-8-13(10)22-15)16-19-11-4-2-3-5-12(11)21-16;3-2(4,5)1(6)7;1-2/h3-6H,7-9H2,1-2H3,(H,18,21);2-5,17H,6-8H2,1H3,(H,18,20);(H,6,7);1H3/i;;;1D. The third-order valence-electron chi connectivity index (χ3n) is 8.09. The topological polar surface area (TPSA) is 144 Å². The van der Waals surface area contributed by atoms with Gasteiger partial charge in [-0.3, -0.25) is 14.0 Å². The molecule has 4 aromatic heterocycles. The van der Waals surface area contributed by atoms with Gasteiger partial charge in [0.15, 0.2) is 0 Å². The summed E-state index contributed by atoms with van der Waals surface area (Å²) in [6, 6.07) is 16.4. The van der Waals surface area contributed by atoms with Gasteiger partial charge in [-0.25, -0.2) is 9.97 Å². The Kier molecular flexibility index (Phi) is 13.0. The van der Waals surface area contributed by atoms with Gasteiger partial charge in [0.05, 0.1) is 40.4 Å². The fraction of sp³-hybridized carbons (Fsp3) is 0.306. The summed E-state index contributed by atoms with van der Waals surface area (Å²) in [7, 11) is 1.14. The van der Waals surface area contributed by atoms with Crippen LogP contribution in [0.25, 0.3) is 41.6 Å². The zero-order valence-corrected chi connectivity index (χ0v) is 32.5. The van der Waals surface area contributed by atoms with Gasteiger partial charge < -0.3 is 30.8 Å². The van der Waals surface area contributed by atoms with E-state index in [0.29, 0.717) is 0 Å². The molecule has 10 nitrogen and oxygen atoms in total. The van der Waals surface area contributed by atoms with Gasteiger partial charge in [0.1, 0.15) is 32.5 Å². The Morgan fingerprint density at radius 2 is 1.30 bits per heavy atom. The number of carboxylic acid groups (broad SMARTS) is 1. The lowest BCUT2D eigenvalue weighted by Gasteiger charge is -2.22. The molecule has 0 saturated heterocycles. The number of alkyl halides is 4. The molecule has 8 rings (SSSR count). The van der Waals surface area contributed by atoms with Crippen LogP contribution < -0.4 is 21.1 Å². The quantitative estimate of drug-likeness (QED) is 0.173. The Hall–Kier alpha value is -4.33. The lowest BCUT2D eigenvalue weighted by Crippen LogP contribution is -2.84. The van der Waals surface area contributed by atoms with Crippen molar-refractivity contribution in [2.45, 2.75) is 46.0 Å². The largest absolute Gasteiger partial charge is 0.542 e. The van der Waals surface area contributed by atoms with Crippen molar-refractivity contribution in [3.05, 3.63) is 69.4 Å². The number of rotatable bonds is 4. The maximum absolute atomic E-state index is 11.6. The summed E-state index contributed by atoms with van der Waals surface area (Å²) in [6.07, 6.45) is -3.15. The highest BCUT2D eigenvalue weighted by atomic mass is 32.1. The Morgan fingerprint density at radius 3 is 1.76 bits per heavy atom. The smallest absolute Gasteiger partial charge is 0.430 e. The summed E-state index contributed by atoms with van der Waals surface area (Å²) >= 11 is 6.79. The van der Waals surface area contributed by atoms with E-state index in [4.69, 9.17) is 21.2 Å². The fourth-order valence-corrected chi connectivity index (χ4v) is 10.7. The molecule has 2 aliphatic rings. The van der Waals surface area contributed by atoms with E-state index in [1.165, 1.54) is 30.3 Å². The third kappa shape index (κ3) is 9.66. The predicted molar refractivity (Wildman–Crippen MR) is 207 cm³/mol. The molecule has 6 heterocycles. The second-order valence-corrected chi connectivity index (χ2v) is 16.3. The van der Waals surface area contributed by atoms with Crippen molar-refractivity contribution in [2.75, 3.05) is 37.9 Å². The van der Waals surface area contributed by atoms with Crippen LogP contribution >= 0.6 is 45.3 Å². The van der Waals surface area contributed by atoms with E-state index in [9.17, 15) is 27.2 Å². The molecular weight excluding hydrogens is 785 g/mol. The molecule has 0 spiro atoms. The average molecular weight is 822 g/mol. The van der Waals surface area contributed by atoms with Gasteiger partial charge in [0.2, 0.25) is 11.8 Å². The maximum Gasteiger partial charge on any atom is 0.430 e. The molecule has 0 bridgehead atoms. The molecule has 286 valence electrons. The van der Waals surface area contributed by atoms with Crippen LogP contribution in [0, 0.1) is 0 Å². The number of hydrogen-bond acceptors (Lipinski definition) is 11. The van der Waals surface area contributed by atoms with Crippen molar-refractivity contribution >= 4 is 93.6 Å². The van der Waals surface area contributed by atoms with Crippen LogP contribution in [0.15, 0.2) is 48.5 Å². The van der Waals surface area contributed by atoms with Crippen molar-refractivity contribution in [3.8, 4) is 21.1 Å². The zero-order chi connectivity index (χ0) is 39.9. The Bertz CT molecular complexity index is 2240. The number of hydrogen-bond donors (Lipinski definition) is 3. The van der Waals surface area contributed by atoms with Crippen molar-refractivity contribution in [2.24, 2.45) is 0 Å². The molecule has 0 atom stereocenters. The molecule has 6 aromatic rings. The van der Waals surface area contributed by atoms with Crippen LogP contribution in [0.4, 0.5) is 27.6 Å². The number of amides is 2. The van der Waals surface area contributed by atoms with E-state index in [0.717, 1.165) is 81.2 Å². The average Bonchev–Trinajstić information content (AvgIpc) is 3.89. The van der Waals surface area contributed by atoms with Gasteiger partial charge in [0.25, 0.3) is 0 Å². The van der Waals surface area contributed by atoms with E-state index >= 15 is 0 Å². The number of carbonyl (C=O) groups is 3. The molecule has 2 aromatic carbocycles. The van der Waals surface area contributed by atoms with Crippen molar-refractivity contribution in [1.29, 1.82) is 0 Å². The first kappa shape index (κ1) is 39.4. The minimum Gasteiger partial charge on any atom is -0.542 e. The molecule has 0 aliphatic carbocycles. The number of thiazole rings is 2. The monoisotopic (exact) mass is 821 g/mol. The number of carboxylic acids is 1. The highest BCUT2D eigenvalue weighted by Gasteiger charge is 2.29. The second-order valence-electron chi connectivity index (χ2n) is 12.1. The molecule has 0 saturated carbocycles. The minimum absolute atomic E-state index is 0.0232. The number of quaternary nitrogens is 1. The highest BCUT2D eigenvalue weighted by Crippen LogP contribution is 2.46. The fourth-order valence-electron chi connectivity index (χ4n) is 5.86. The number of likely N-dealkylation sites (N-methyl/N-ethyl adjacent to an activating group) is 1. The highest BCUT2D eigenvalue weighted by molar-refractivity contribution is 7.23. The number of nitrogens with zero attached hydrogens (tertiary/aromatic N) is 3. The minimum atomic E-state index is -5.19. The summed E-state index contributed by atoms with van der Waals surface area (Å²) < 4.78 is 49.4. The zero-order valence-electron chi connectivity index (χ0n) is 30.3. The van der Waals surface area contributed by atoms with Gasteiger partial charge in [0, 0.05) is 49.4 Å². The second kappa shape index (κ2) is 17.9. The molecule has 0 fully saturated rings. The van der Waals surface area contributed by atoms with Crippen molar-refractivity contribution in [1.82, 2.24) is 14.9 Å². The number of halogens is 4. The molecular formula is C36H36F4N6O4S4. The molecule has 18 heteroatoms. The number of thiophene rings is 2. The molecule has 4 N–H and O–H groups in total. The van der Waals surface area contributed by atoms with Crippen LogP contribution in [-0.2, 0) is 40.3 Å². The first-order chi connectivity index (χ1) is 26.2. The van der Waals surface area contributed by atoms with Gasteiger partial charge in [-0.2, -0.15) is 13.2 Å². The van der Waals surface area contributed by atoms with Gasteiger partial charge in [-0.15, -0.1) is 45.3 Å². The van der Waals surface area contributed by atoms with Crippen LogP contribution in [0.5, 0.6) is 0 Å². The first-order valence-electron chi connectivity index (χ1n) is 17.1. The number of para-hydroxylation sites is 2. The van der Waals surface area contributed by atoms with E-state index in [1.807, 2.05) is 36.4 Å².